The summed E-state index contributed by atoms with van der Waals surface area (Å²) >= 11 is 12.0. The average molecular weight is 359 g/mol. The summed E-state index contributed by atoms with van der Waals surface area (Å²) in [4.78, 5) is 7.93. The van der Waals surface area contributed by atoms with Gasteiger partial charge in [0, 0.05) is 10.0 Å². The van der Waals surface area contributed by atoms with Crippen molar-refractivity contribution in [1.82, 2.24) is 5.32 Å². The summed E-state index contributed by atoms with van der Waals surface area (Å²) in [6.45, 7) is 10.0. The molecule has 0 aliphatic carbocycles. The molecule has 0 spiro atoms. The molecular weight excluding hydrogens is 338 g/mol. The quantitative estimate of drug-likeness (QED) is 0.594. The third-order valence-electron chi connectivity index (χ3n) is 3.20. The Bertz CT molecular complexity index is 648. The van der Waals surface area contributed by atoms with E-state index in [4.69, 9.17) is 28.9 Å². The van der Waals surface area contributed by atoms with Crippen molar-refractivity contribution in [3.05, 3.63) is 46.2 Å². The van der Waals surface area contributed by atoms with Gasteiger partial charge < -0.3 is 11.1 Å². The maximum absolute atomic E-state index is 13.7. The lowest BCUT2D eigenvalue weighted by molar-refractivity contribution is 0.312. The number of halogens is 3. The third kappa shape index (κ3) is 6.20. The van der Waals surface area contributed by atoms with Gasteiger partial charge in [0.05, 0.1) is 11.8 Å². The molecule has 1 rings (SSSR count). The molecule has 0 aliphatic heterocycles. The van der Waals surface area contributed by atoms with Crippen LogP contribution in [-0.4, -0.2) is 17.3 Å². The van der Waals surface area contributed by atoms with Gasteiger partial charge in [-0.15, -0.1) is 0 Å². The first-order valence-electron chi connectivity index (χ1n) is 7.00. The number of nitrogens with zero attached hydrogens (tertiary/aromatic N) is 2. The number of alkyl halides is 1. The smallest absolute Gasteiger partial charge is 0.221 e. The summed E-state index contributed by atoms with van der Waals surface area (Å²) in [6, 6.07) is 5.06. The Morgan fingerprint density at radius 2 is 1.96 bits per heavy atom. The molecule has 1 atom stereocenters. The fraction of sp³-hybridized carbons (Fsp3) is 0.375. The standard InChI is InChI=1S/C16H21Cl2FN4/c1-9(13-7-6-12(17)8-14(13)18)21-11(3)23-15(20)22-10(2)16(4,5)19/h6-9,21H,3H2,1-2,4-5H3,(H2,20,23)/b22-10+. The Balaban J connectivity index is 2.81. The number of nitrogens with two attached hydrogens (primary N) is 1. The average Bonchev–Trinajstić information content (AvgIpc) is 2.36. The van der Waals surface area contributed by atoms with E-state index in [0.717, 1.165) is 5.56 Å². The zero-order valence-electron chi connectivity index (χ0n) is 13.6. The second-order valence-corrected chi connectivity index (χ2v) is 6.46. The Kier molecular flexibility index (Phi) is 6.59. The predicted molar refractivity (Wildman–Crippen MR) is 97.1 cm³/mol. The van der Waals surface area contributed by atoms with Crippen LogP contribution in [0.25, 0.3) is 0 Å². The largest absolute Gasteiger partial charge is 0.368 e. The van der Waals surface area contributed by atoms with Crippen molar-refractivity contribution in [1.29, 1.82) is 0 Å². The van der Waals surface area contributed by atoms with Gasteiger partial charge in [-0.3, -0.25) is 0 Å². The summed E-state index contributed by atoms with van der Waals surface area (Å²) < 4.78 is 13.7. The molecule has 7 heteroatoms. The van der Waals surface area contributed by atoms with Gasteiger partial charge >= 0.3 is 0 Å². The minimum absolute atomic E-state index is 0.0693. The zero-order chi connectivity index (χ0) is 17.8. The van der Waals surface area contributed by atoms with Crippen LogP contribution in [0.15, 0.2) is 40.6 Å². The topological polar surface area (TPSA) is 62.8 Å². The molecular formula is C16H21Cl2FN4. The van der Waals surface area contributed by atoms with Crippen LogP contribution in [-0.2, 0) is 0 Å². The van der Waals surface area contributed by atoms with E-state index in [9.17, 15) is 4.39 Å². The van der Waals surface area contributed by atoms with Crippen LogP contribution >= 0.6 is 23.2 Å². The molecule has 0 saturated carbocycles. The van der Waals surface area contributed by atoms with Gasteiger partial charge in [-0.05, 0) is 45.4 Å². The van der Waals surface area contributed by atoms with Crippen molar-refractivity contribution in [3.63, 3.8) is 0 Å². The SMILES string of the molecule is C=C(/N=C(N)\N=C(/C)C(C)(C)F)NC(C)c1ccc(Cl)cc1Cl. The maximum atomic E-state index is 13.7. The first-order valence-corrected chi connectivity index (χ1v) is 7.75. The maximum Gasteiger partial charge on any atom is 0.221 e. The summed E-state index contributed by atoms with van der Waals surface area (Å²) in [5.74, 6) is 0.231. The van der Waals surface area contributed by atoms with Gasteiger partial charge in [0.2, 0.25) is 5.96 Å². The highest BCUT2D eigenvalue weighted by Crippen LogP contribution is 2.26. The molecule has 0 bridgehead atoms. The van der Waals surface area contributed by atoms with E-state index >= 15 is 0 Å². The molecule has 1 aromatic carbocycles. The lowest BCUT2D eigenvalue weighted by atomic mass is 10.1. The highest BCUT2D eigenvalue weighted by molar-refractivity contribution is 6.35. The molecule has 1 unspecified atom stereocenters. The molecule has 0 fully saturated rings. The van der Waals surface area contributed by atoms with Crippen LogP contribution in [0, 0.1) is 0 Å². The number of guanidine groups is 1. The van der Waals surface area contributed by atoms with E-state index in [2.05, 4.69) is 21.9 Å². The van der Waals surface area contributed by atoms with Crippen LogP contribution in [0.5, 0.6) is 0 Å². The second-order valence-electron chi connectivity index (χ2n) is 5.62. The van der Waals surface area contributed by atoms with Crippen LogP contribution in [0.1, 0.15) is 39.3 Å². The highest BCUT2D eigenvalue weighted by atomic mass is 35.5. The number of nitrogens with one attached hydrogen (secondary N) is 1. The highest BCUT2D eigenvalue weighted by Gasteiger charge is 2.20. The fourth-order valence-corrected chi connectivity index (χ4v) is 2.25. The first kappa shape index (κ1) is 19.5. The van der Waals surface area contributed by atoms with Gasteiger partial charge in [0.25, 0.3) is 0 Å². The van der Waals surface area contributed by atoms with Gasteiger partial charge in [-0.2, -0.15) is 4.99 Å². The number of hydrogen-bond acceptors (Lipinski definition) is 2. The zero-order valence-corrected chi connectivity index (χ0v) is 15.1. The van der Waals surface area contributed by atoms with Crippen molar-refractivity contribution in [2.24, 2.45) is 15.7 Å². The molecule has 3 N–H and O–H groups in total. The molecule has 23 heavy (non-hydrogen) atoms. The third-order valence-corrected chi connectivity index (χ3v) is 3.77. The minimum Gasteiger partial charge on any atom is -0.368 e. The van der Waals surface area contributed by atoms with Crippen molar-refractivity contribution < 1.29 is 4.39 Å². The van der Waals surface area contributed by atoms with Crippen molar-refractivity contribution in [3.8, 4) is 0 Å². The molecule has 0 aliphatic rings. The van der Waals surface area contributed by atoms with Gasteiger partial charge in [0.15, 0.2) is 0 Å². The number of aliphatic imine (C=N–C) groups is 2. The van der Waals surface area contributed by atoms with Crippen LogP contribution in [0.3, 0.4) is 0 Å². The van der Waals surface area contributed by atoms with E-state index in [-0.39, 0.29) is 17.7 Å². The van der Waals surface area contributed by atoms with E-state index in [0.29, 0.717) is 15.9 Å². The van der Waals surface area contributed by atoms with E-state index in [1.165, 1.54) is 13.8 Å². The Morgan fingerprint density at radius 3 is 2.48 bits per heavy atom. The Hall–Kier alpha value is -1.59. The van der Waals surface area contributed by atoms with Crippen LogP contribution in [0.4, 0.5) is 4.39 Å². The minimum atomic E-state index is -1.56. The van der Waals surface area contributed by atoms with Crippen molar-refractivity contribution >= 4 is 34.9 Å². The molecule has 0 aromatic heterocycles. The molecule has 1 aromatic rings. The van der Waals surface area contributed by atoms with E-state index in [1.54, 1.807) is 19.1 Å². The summed E-state index contributed by atoms with van der Waals surface area (Å²) in [5.41, 5.74) is 5.21. The van der Waals surface area contributed by atoms with E-state index < -0.39 is 5.67 Å². The lowest BCUT2D eigenvalue weighted by Gasteiger charge is -2.17. The summed E-state index contributed by atoms with van der Waals surface area (Å²) in [6.07, 6.45) is 0. The number of benzene rings is 1. The van der Waals surface area contributed by atoms with Gasteiger partial charge in [-0.25, -0.2) is 9.38 Å². The molecule has 126 valence electrons. The van der Waals surface area contributed by atoms with E-state index in [1.807, 2.05) is 13.0 Å². The van der Waals surface area contributed by atoms with Crippen LogP contribution < -0.4 is 11.1 Å². The molecule has 4 nitrogen and oxygen atoms in total. The predicted octanol–water partition coefficient (Wildman–Crippen LogP) is 4.64. The monoisotopic (exact) mass is 358 g/mol. The van der Waals surface area contributed by atoms with Gasteiger partial charge in [0.1, 0.15) is 11.5 Å². The molecule has 0 heterocycles. The Morgan fingerprint density at radius 1 is 1.35 bits per heavy atom. The Labute approximate surface area is 146 Å². The second kappa shape index (κ2) is 7.79. The van der Waals surface area contributed by atoms with Crippen LogP contribution in [0.2, 0.25) is 10.0 Å². The normalized spacial score (nSPS) is 14.6. The molecule has 0 radical (unpaired) electrons. The van der Waals surface area contributed by atoms with Crippen molar-refractivity contribution in [2.45, 2.75) is 39.4 Å². The van der Waals surface area contributed by atoms with Gasteiger partial charge in [-0.1, -0.05) is 35.8 Å². The van der Waals surface area contributed by atoms with Crippen molar-refractivity contribution in [2.75, 3.05) is 0 Å². The first-order chi connectivity index (χ1) is 10.5. The number of hydrogen-bond donors (Lipinski definition) is 2. The molecule has 0 amide bonds. The molecule has 0 saturated heterocycles. The summed E-state index contributed by atoms with van der Waals surface area (Å²) in [7, 11) is 0. The summed E-state index contributed by atoms with van der Waals surface area (Å²) in [5, 5.41) is 4.14. The number of rotatable bonds is 5. The lowest BCUT2D eigenvalue weighted by Crippen LogP contribution is -2.26. The fourth-order valence-electron chi connectivity index (χ4n) is 1.68.